The summed E-state index contributed by atoms with van der Waals surface area (Å²) in [5.74, 6) is 0. The molecule has 1 fully saturated rings. The zero-order valence-electron chi connectivity index (χ0n) is 11.3. The molecule has 0 amide bonds. The maximum Gasteiger partial charge on any atom is 0.170 e. The first-order valence-corrected chi connectivity index (χ1v) is 8.04. The van der Waals surface area contributed by atoms with Crippen molar-refractivity contribution in [3.8, 4) is 0 Å². The van der Waals surface area contributed by atoms with Crippen molar-refractivity contribution in [2.24, 2.45) is 0 Å². The first-order valence-electron chi connectivity index (χ1n) is 6.88. The second-order valence-corrected chi connectivity index (χ2v) is 6.10. The number of nitrogens with zero attached hydrogens (tertiary/aromatic N) is 1. The molecule has 0 bridgehead atoms. The average molecular weight is 332 g/mol. The van der Waals surface area contributed by atoms with E-state index in [4.69, 9.17) is 35.4 Å². The fraction of sp³-hybridized carbons (Fsp3) is 0.500. The van der Waals surface area contributed by atoms with E-state index in [-0.39, 0.29) is 0 Å². The lowest BCUT2D eigenvalue weighted by Gasteiger charge is -2.26. The van der Waals surface area contributed by atoms with Gasteiger partial charge in [0.1, 0.15) is 0 Å². The van der Waals surface area contributed by atoms with Gasteiger partial charge in [-0.25, -0.2) is 0 Å². The molecule has 0 unspecified atom stereocenters. The molecule has 0 spiro atoms. The van der Waals surface area contributed by atoms with Gasteiger partial charge in [-0.05, 0) is 50.3 Å². The molecule has 20 heavy (non-hydrogen) atoms. The van der Waals surface area contributed by atoms with Gasteiger partial charge in [-0.1, -0.05) is 35.7 Å². The molecule has 0 saturated carbocycles. The smallest absolute Gasteiger partial charge is 0.170 e. The Bertz CT molecular complexity index is 441. The zero-order valence-corrected chi connectivity index (χ0v) is 13.6. The molecule has 2 N–H and O–H groups in total. The standard InChI is InChI=1S/C14H19Cl2N3S/c15-11-5-4-6-12(16)13(11)18-14(20)17-7-10-19-8-2-1-3-9-19/h4-6H,1-3,7-10H2,(H2,17,18,20). The molecule has 0 aromatic heterocycles. The molecular formula is C14H19Cl2N3S. The number of piperidine rings is 1. The minimum absolute atomic E-state index is 0.553. The predicted octanol–water partition coefficient (Wildman–Crippen LogP) is 3.77. The van der Waals surface area contributed by atoms with Crippen LogP contribution in [0.4, 0.5) is 5.69 Å². The molecule has 1 aliphatic rings. The van der Waals surface area contributed by atoms with E-state index in [9.17, 15) is 0 Å². The van der Waals surface area contributed by atoms with E-state index in [0.717, 1.165) is 13.1 Å². The van der Waals surface area contributed by atoms with Crippen molar-refractivity contribution in [3.63, 3.8) is 0 Å². The van der Waals surface area contributed by atoms with Crippen LogP contribution >= 0.6 is 35.4 Å². The summed E-state index contributed by atoms with van der Waals surface area (Å²) in [5, 5.41) is 7.94. The minimum Gasteiger partial charge on any atom is -0.361 e. The van der Waals surface area contributed by atoms with Crippen LogP contribution in [0.1, 0.15) is 19.3 Å². The largest absolute Gasteiger partial charge is 0.361 e. The fourth-order valence-electron chi connectivity index (χ4n) is 2.29. The minimum atomic E-state index is 0.553. The van der Waals surface area contributed by atoms with E-state index >= 15 is 0 Å². The van der Waals surface area contributed by atoms with Gasteiger partial charge in [-0.3, -0.25) is 0 Å². The number of benzene rings is 1. The second-order valence-electron chi connectivity index (χ2n) is 4.88. The summed E-state index contributed by atoms with van der Waals surface area (Å²) in [6.07, 6.45) is 3.96. The van der Waals surface area contributed by atoms with Gasteiger partial charge in [-0.15, -0.1) is 0 Å². The normalized spacial score (nSPS) is 15.9. The molecule has 0 radical (unpaired) electrons. The van der Waals surface area contributed by atoms with Crippen molar-refractivity contribution < 1.29 is 0 Å². The molecule has 0 aliphatic carbocycles. The third kappa shape index (κ3) is 4.77. The van der Waals surface area contributed by atoms with E-state index < -0.39 is 0 Å². The van der Waals surface area contributed by atoms with Crippen LogP contribution in [0.3, 0.4) is 0 Å². The number of halogens is 2. The average Bonchev–Trinajstić information content (AvgIpc) is 2.44. The molecule has 2 rings (SSSR count). The lowest BCUT2D eigenvalue weighted by molar-refractivity contribution is 0.232. The predicted molar refractivity (Wildman–Crippen MR) is 91.0 cm³/mol. The van der Waals surface area contributed by atoms with Crippen LogP contribution in [0, 0.1) is 0 Å². The first kappa shape index (κ1) is 15.8. The molecule has 6 heteroatoms. The van der Waals surface area contributed by atoms with Crippen LogP contribution in [0.2, 0.25) is 10.0 Å². The highest BCUT2D eigenvalue weighted by Crippen LogP contribution is 2.29. The third-order valence-corrected chi connectivity index (χ3v) is 4.24. The molecule has 3 nitrogen and oxygen atoms in total. The summed E-state index contributed by atoms with van der Waals surface area (Å²) in [6, 6.07) is 5.38. The van der Waals surface area contributed by atoms with Gasteiger partial charge in [-0.2, -0.15) is 0 Å². The summed E-state index contributed by atoms with van der Waals surface area (Å²) in [5.41, 5.74) is 0.659. The number of anilines is 1. The summed E-state index contributed by atoms with van der Waals surface area (Å²) in [6.45, 7) is 4.22. The molecule has 110 valence electrons. The number of para-hydroxylation sites is 1. The van der Waals surface area contributed by atoms with Gasteiger partial charge in [0.2, 0.25) is 0 Å². The Balaban J connectivity index is 1.75. The zero-order chi connectivity index (χ0) is 14.4. The Morgan fingerprint density at radius 2 is 1.80 bits per heavy atom. The van der Waals surface area contributed by atoms with Crippen molar-refractivity contribution in [2.45, 2.75) is 19.3 Å². The number of thiocarbonyl (C=S) groups is 1. The molecule has 1 heterocycles. The lowest BCUT2D eigenvalue weighted by Crippen LogP contribution is -2.39. The van der Waals surface area contributed by atoms with E-state index in [1.165, 1.54) is 32.4 Å². The maximum atomic E-state index is 6.09. The van der Waals surface area contributed by atoms with Crippen molar-refractivity contribution in [1.82, 2.24) is 10.2 Å². The Hall–Kier alpha value is -0.550. The van der Waals surface area contributed by atoms with E-state index in [1.54, 1.807) is 12.1 Å². The number of hydrogen-bond donors (Lipinski definition) is 2. The van der Waals surface area contributed by atoms with Gasteiger partial charge in [0.25, 0.3) is 0 Å². The maximum absolute atomic E-state index is 6.09. The molecule has 1 aromatic rings. The Labute approximate surface area is 135 Å². The summed E-state index contributed by atoms with van der Waals surface area (Å²) >= 11 is 17.4. The van der Waals surface area contributed by atoms with Crippen LogP contribution in [-0.2, 0) is 0 Å². The van der Waals surface area contributed by atoms with E-state index in [0.29, 0.717) is 20.8 Å². The Kier molecular flexibility index (Phi) is 6.36. The van der Waals surface area contributed by atoms with Crippen LogP contribution < -0.4 is 10.6 Å². The second kappa shape index (κ2) is 8.03. The summed E-state index contributed by atoms with van der Waals surface area (Å²) in [4.78, 5) is 2.46. The topological polar surface area (TPSA) is 27.3 Å². The quantitative estimate of drug-likeness (QED) is 0.821. The highest BCUT2D eigenvalue weighted by Gasteiger charge is 2.10. The monoisotopic (exact) mass is 331 g/mol. The first-order chi connectivity index (χ1) is 9.66. The van der Waals surface area contributed by atoms with Crippen molar-refractivity contribution >= 4 is 46.2 Å². The van der Waals surface area contributed by atoms with Gasteiger partial charge in [0.05, 0.1) is 15.7 Å². The highest BCUT2D eigenvalue weighted by molar-refractivity contribution is 7.80. The van der Waals surface area contributed by atoms with Crippen molar-refractivity contribution in [2.75, 3.05) is 31.5 Å². The van der Waals surface area contributed by atoms with Crippen LogP contribution in [0.15, 0.2) is 18.2 Å². The Morgan fingerprint density at radius 3 is 2.45 bits per heavy atom. The fourth-order valence-corrected chi connectivity index (χ4v) is 2.98. The highest BCUT2D eigenvalue weighted by atomic mass is 35.5. The van der Waals surface area contributed by atoms with Crippen molar-refractivity contribution in [1.29, 1.82) is 0 Å². The molecule has 1 aliphatic heterocycles. The number of likely N-dealkylation sites (tertiary alicyclic amines) is 1. The third-order valence-electron chi connectivity index (χ3n) is 3.36. The van der Waals surface area contributed by atoms with Gasteiger partial charge >= 0.3 is 0 Å². The molecule has 1 aromatic carbocycles. The molecular weight excluding hydrogens is 313 g/mol. The van der Waals surface area contributed by atoms with Gasteiger partial charge in [0, 0.05) is 13.1 Å². The summed E-state index contributed by atoms with van der Waals surface area (Å²) < 4.78 is 0. The molecule has 0 atom stereocenters. The lowest BCUT2D eigenvalue weighted by atomic mass is 10.1. The molecule has 1 saturated heterocycles. The summed E-state index contributed by atoms with van der Waals surface area (Å²) in [7, 11) is 0. The van der Waals surface area contributed by atoms with Crippen LogP contribution in [0.5, 0.6) is 0 Å². The van der Waals surface area contributed by atoms with Crippen LogP contribution in [-0.4, -0.2) is 36.2 Å². The van der Waals surface area contributed by atoms with E-state index in [1.807, 2.05) is 6.07 Å². The van der Waals surface area contributed by atoms with Gasteiger partial charge < -0.3 is 15.5 Å². The van der Waals surface area contributed by atoms with Crippen molar-refractivity contribution in [3.05, 3.63) is 28.2 Å². The van der Waals surface area contributed by atoms with E-state index in [2.05, 4.69) is 15.5 Å². The SMILES string of the molecule is S=C(NCCN1CCCCC1)Nc1c(Cl)cccc1Cl. The van der Waals surface area contributed by atoms with Crippen LogP contribution in [0.25, 0.3) is 0 Å². The van der Waals surface area contributed by atoms with Gasteiger partial charge in [0.15, 0.2) is 5.11 Å². The number of hydrogen-bond acceptors (Lipinski definition) is 2. The Morgan fingerprint density at radius 1 is 1.15 bits per heavy atom. The number of rotatable bonds is 4. The number of nitrogens with one attached hydrogen (secondary N) is 2.